The fourth-order valence-electron chi connectivity index (χ4n) is 1.26. The quantitative estimate of drug-likeness (QED) is 0.610. The van der Waals surface area contributed by atoms with E-state index in [4.69, 9.17) is 10.5 Å². The van der Waals surface area contributed by atoms with Gasteiger partial charge in [-0.05, 0) is 13.8 Å². The number of amides is 1. The van der Waals surface area contributed by atoms with E-state index >= 15 is 0 Å². The molecule has 0 fully saturated rings. The van der Waals surface area contributed by atoms with Crippen LogP contribution in [0.5, 0.6) is 5.75 Å². The Hall–Kier alpha value is -1.85. The van der Waals surface area contributed by atoms with Crippen molar-refractivity contribution in [3.8, 4) is 5.75 Å². The third-order valence-corrected chi connectivity index (χ3v) is 1.96. The molecule has 0 saturated heterocycles. The van der Waals surface area contributed by atoms with Crippen LogP contribution in [0.25, 0.3) is 0 Å². The van der Waals surface area contributed by atoms with E-state index < -0.39 is 6.10 Å². The van der Waals surface area contributed by atoms with E-state index in [1.165, 1.54) is 0 Å². The number of hydrogen-bond donors (Lipinski definition) is 2. The van der Waals surface area contributed by atoms with Crippen LogP contribution >= 0.6 is 0 Å². The molecule has 2 rings (SSSR count). The molecular weight excluding hydrogens is 184 g/mol. The summed E-state index contributed by atoms with van der Waals surface area (Å²) in [5, 5.41) is 2.60. The first-order valence-electron chi connectivity index (χ1n) is 4.19. The molecule has 0 aliphatic carbocycles. The lowest BCUT2D eigenvalue weighted by Gasteiger charge is -2.23. The number of nitrogens with one attached hydrogen (secondary N) is 1. The van der Waals surface area contributed by atoms with Crippen LogP contribution in [0.15, 0.2) is 0 Å². The standard InChI is InChI=1S/C8H10N4O2/c1-3-5-6(12-8(9)10-3)11-7(13)4(2)14-5/h4H,1-2H3,(H3,9,10,11,12,13)/t4-/m1/s1. The zero-order valence-electron chi connectivity index (χ0n) is 7.87. The SMILES string of the molecule is Cc1nc(N)nc2c1O[C@H](C)C(=O)N2. The van der Waals surface area contributed by atoms with Crippen molar-refractivity contribution in [2.45, 2.75) is 20.0 Å². The Morgan fingerprint density at radius 2 is 2.21 bits per heavy atom. The molecule has 1 aromatic rings. The summed E-state index contributed by atoms with van der Waals surface area (Å²) < 4.78 is 5.34. The number of nitrogens with zero attached hydrogens (tertiary/aromatic N) is 2. The van der Waals surface area contributed by atoms with Crippen molar-refractivity contribution in [2.75, 3.05) is 11.1 Å². The number of nitrogens with two attached hydrogens (primary N) is 1. The Labute approximate surface area is 80.5 Å². The lowest BCUT2D eigenvalue weighted by atomic mass is 10.3. The summed E-state index contributed by atoms with van der Waals surface area (Å²) in [6.45, 7) is 3.41. The summed E-state index contributed by atoms with van der Waals surface area (Å²) in [4.78, 5) is 19.0. The maximum atomic E-state index is 11.2. The van der Waals surface area contributed by atoms with E-state index in [-0.39, 0.29) is 11.9 Å². The maximum absolute atomic E-state index is 11.2. The first-order valence-corrected chi connectivity index (χ1v) is 4.19. The normalized spacial score (nSPS) is 19.6. The van der Waals surface area contributed by atoms with Crippen molar-refractivity contribution in [1.29, 1.82) is 0 Å². The van der Waals surface area contributed by atoms with Crippen LogP contribution in [0, 0.1) is 6.92 Å². The smallest absolute Gasteiger partial charge is 0.266 e. The summed E-state index contributed by atoms with van der Waals surface area (Å²) in [7, 11) is 0. The molecule has 3 N–H and O–H groups in total. The summed E-state index contributed by atoms with van der Waals surface area (Å²) in [5.41, 5.74) is 6.06. The molecule has 0 unspecified atom stereocenters. The molecule has 2 heterocycles. The monoisotopic (exact) mass is 194 g/mol. The fourth-order valence-corrected chi connectivity index (χ4v) is 1.26. The number of ether oxygens (including phenoxy) is 1. The van der Waals surface area contributed by atoms with Crippen LogP contribution in [-0.2, 0) is 4.79 Å². The minimum absolute atomic E-state index is 0.125. The molecule has 0 aromatic carbocycles. The van der Waals surface area contributed by atoms with Crippen LogP contribution in [0.4, 0.5) is 11.8 Å². The number of aryl methyl sites for hydroxylation is 1. The molecule has 14 heavy (non-hydrogen) atoms. The zero-order valence-corrected chi connectivity index (χ0v) is 7.87. The second kappa shape index (κ2) is 2.83. The van der Waals surface area contributed by atoms with Gasteiger partial charge in [-0.2, -0.15) is 4.98 Å². The summed E-state index contributed by atoms with van der Waals surface area (Å²) in [6.07, 6.45) is -0.520. The third-order valence-electron chi connectivity index (χ3n) is 1.96. The zero-order chi connectivity index (χ0) is 10.3. The average Bonchev–Trinajstić information content (AvgIpc) is 2.08. The first kappa shape index (κ1) is 8.74. The Kier molecular flexibility index (Phi) is 1.77. The van der Waals surface area contributed by atoms with Gasteiger partial charge in [0.1, 0.15) is 0 Å². The van der Waals surface area contributed by atoms with Gasteiger partial charge < -0.3 is 15.8 Å². The van der Waals surface area contributed by atoms with Crippen LogP contribution in [0.2, 0.25) is 0 Å². The van der Waals surface area contributed by atoms with Crippen molar-refractivity contribution >= 4 is 17.7 Å². The van der Waals surface area contributed by atoms with Crippen LogP contribution in [0.3, 0.4) is 0 Å². The predicted octanol–water partition coefficient (Wildman–Crippen LogP) is 0.0866. The number of hydrogen-bond acceptors (Lipinski definition) is 5. The van der Waals surface area contributed by atoms with Gasteiger partial charge in [-0.15, -0.1) is 0 Å². The van der Waals surface area contributed by atoms with Crippen LogP contribution < -0.4 is 15.8 Å². The van der Waals surface area contributed by atoms with Crippen molar-refractivity contribution in [3.63, 3.8) is 0 Å². The fraction of sp³-hybridized carbons (Fsp3) is 0.375. The van der Waals surface area contributed by atoms with Gasteiger partial charge in [0.05, 0.1) is 5.69 Å². The van der Waals surface area contributed by atoms with Crippen molar-refractivity contribution in [3.05, 3.63) is 5.69 Å². The number of carbonyl (C=O) groups excluding carboxylic acids is 1. The molecule has 0 spiro atoms. The Bertz CT molecular complexity index is 405. The average molecular weight is 194 g/mol. The number of anilines is 2. The van der Waals surface area contributed by atoms with Gasteiger partial charge in [0.25, 0.3) is 5.91 Å². The number of aromatic nitrogens is 2. The van der Waals surface area contributed by atoms with E-state index in [2.05, 4.69) is 15.3 Å². The van der Waals surface area contributed by atoms with Crippen LogP contribution in [-0.4, -0.2) is 22.0 Å². The minimum atomic E-state index is -0.520. The Morgan fingerprint density at radius 3 is 2.93 bits per heavy atom. The highest BCUT2D eigenvalue weighted by atomic mass is 16.5. The lowest BCUT2D eigenvalue weighted by Crippen LogP contribution is -2.35. The van der Waals surface area contributed by atoms with Crippen molar-refractivity contribution in [2.24, 2.45) is 0 Å². The van der Waals surface area contributed by atoms with Gasteiger partial charge in [0.2, 0.25) is 5.95 Å². The van der Waals surface area contributed by atoms with Gasteiger partial charge in [0.15, 0.2) is 17.7 Å². The van der Waals surface area contributed by atoms with Gasteiger partial charge in [-0.3, -0.25) is 4.79 Å². The molecule has 6 nitrogen and oxygen atoms in total. The minimum Gasteiger partial charge on any atom is -0.475 e. The van der Waals surface area contributed by atoms with E-state index in [0.717, 1.165) is 0 Å². The van der Waals surface area contributed by atoms with E-state index in [0.29, 0.717) is 17.3 Å². The summed E-state index contributed by atoms with van der Waals surface area (Å²) in [6, 6.07) is 0. The molecular formula is C8H10N4O2. The lowest BCUT2D eigenvalue weighted by molar-refractivity contribution is -0.122. The first-order chi connectivity index (χ1) is 6.58. The van der Waals surface area contributed by atoms with Gasteiger partial charge >= 0.3 is 0 Å². The van der Waals surface area contributed by atoms with Gasteiger partial charge in [-0.25, -0.2) is 4.98 Å². The topological polar surface area (TPSA) is 90.1 Å². The highest BCUT2D eigenvalue weighted by molar-refractivity contribution is 5.96. The van der Waals surface area contributed by atoms with Gasteiger partial charge in [-0.1, -0.05) is 0 Å². The molecule has 6 heteroatoms. The molecule has 74 valence electrons. The molecule has 1 aliphatic rings. The Balaban J connectivity index is 2.51. The van der Waals surface area contributed by atoms with E-state index in [9.17, 15) is 4.79 Å². The third kappa shape index (κ3) is 1.24. The molecule has 1 amide bonds. The summed E-state index contributed by atoms with van der Waals surface area (Å²) >= 11 is 0. The number of carbonyl (C=O) groups is 1. The van der Waals surface area contributed by atoms with E-state index in [1.54, 1.807) is 13.8 Å². The van der Waals surface area contributed by atoms with E-state index in [1.807, 2.05) is 0 Å². The molecule has 1 atom stereocenters. The highest BCUT2D eigenvalue weighted by Crippen LogP contribution is 2.30. The van der Waals surface area contributed by atoms with Crippen molar-refractivity contribution < 1.29 is 9.53 Å². The molecule has 1 aliphatic heterocycles. The number of nitrogen functional groups attached to an aromatic ring is 1. The number of fused-ring (bicyclic) bond motifs is 1. The molecule has 0 saturated carbocycles. The molecule has 0 bridgehead atoms. The molecule has 0 radical (unpaired) electrons. The second-order valence-electron chi connectivity index (χ2n) is 3.09. The van der Waals surface area contributed by atoms with Crippen LogP contribution in [0.1, 0.15) is 12.6 Å². The number of rotatable bonds is 0. The Morgan fingerprint density at radius 1 is 1.50 bits per heavy atom. The van der Waals surface area contributed by atoms with Crippen molar-refractivity contribution in [1.82, 2.24) is 9.97 Å². The largest absolute Gasteiger partial charge is 0.475 e. The highest BCUT2D eigenvalue weighted by Gasteiger charge is 2.26. The second-order valence-corrected chi connectivity index (χ2v) is 3.09. The van der Waals surface area contributed by atoms with Gasteiger partial charge in [0, 0.05) is 0 Å². The molecule has 1 aromatic heterocycles. The summed E-state index contributed by atoms with van der Waals surface area (Å²) in [5.74, 6) is 0.735. The predicted molar refractivity (Wildman–Crippen MR) is 49.9 cm³/mol. The maximum Gasteiger partial charge on any atom is 0.266 e.